The van der Waals surface area contributed by atoms with Gasteiger partial charge in [0.25, 0.3) is 0 Å². The fourth-order valence-corrected chi connectivity index (χ4v) is 2.67. The van der Waals surface area contributed by atoms with Crippen molar-refractivity contribution < 1.29 is 4.39 Å². The van der Waals surface area contributed by atoms with Gasteiger partial charge in [0.1, 0.15) is 5.67 Å². The average molecular weight is 230 g/mol. The predicted octanol–water partition coefficient (Wildman–Crippen LogP) is 2.61. The van der Waals surface area contributed by atoms with Gasteiger partial charge in [0.2, 0.25) is 0 Å². The zero-order chi connectivity index (χ0) is 11.9. The first-order valence-electron chi connectivity index (χ1n) is 5.93. The van der Waals surface area contributed by atoms with Crippen LogP contribution >= 0.6 is 0 Å². The minimum Gasteiger partial charge on any atom is -0.327 e. The van der Waals surface area contributed by atoms with E-state index in [-0.39, 0.29) is 6.04 Å². The van der Waals surface area contributed by atoms with Crippen molar-refractivity contribution >= 4 is 10.9 Å². The summed E-state index contributed by atoms with van der Waals surface area (Å²) in [6.07, 6.45) is 3.15. The van der Waals surface area contributed by atoms with Crippen molar-refractivity contribution in [1.29, 1.82) is 0 Å². The Labute approximate surface area is 99.7 Å². The van der Waals surface area contributed by atoms with Crippen molar-refractivity contribution in [2.45, 2.75) is 31.0 Å². The largest absolute Gasteiger partial charge is 0.327 e. The summed E-state index contributed by atoms with van der Waals surface area (Å²) in [5, 5.41) is 1.05. The third-order valence-corrected chi connectivity index (χ3v) is 3.50. The smallest absolute Gasteiger partial charge is 0.118 e. The van der Waals surface area contributed by atoms with Crippen LogP contribution in [0.15, 0.2) is 36.5 Å². The van der Waals surface area contributed by atoms with Crippen molar-refractivity contribution in [1.82, 2.24) is 4.98 Å². The number of hydrogen-bond acceptors (Lipinski definition) is 2. The molecule has 2 N–H and O–H groups in total. The third-order valence-electron chi connectivity index (χ3n) is 3.50. The maximum atomic E-state index is 14.3. The summed E-state index contributed by atoms with van der Waals surface area (Å²) in [6, 6.07) is 9.81. The number of rotatable bonds is 2. The fourth-order valence-electron chi connectivity index (χ4n) is 2.67. The summed E-state index contributed by atoms with van der Waals surface area (Å²) >= 11 is 0. The second-order valence-corrected chi connectivity index (χ2v) is 4.98. The van der Waals surface area contributed by atoms with E-state index >= 15 is 0 Å². The minimum absolute atomic E-state index is 0.0353. The van der Waals surface area contributed by atoms with Crippen molar-refractivity contribution in [2.75, 3.05) is 0 Å². The Hall–Kier alpha value is -1.48. The molecular weight excluding hydrogens is 215 g/mol. The molecule has 1 aromatic heterocycles. The van der Waals surface area contributed by atoms with Crippen molar-refractivity contribution in [3.8, 4) is 0 Å². The number of halogens is 1. The van der Waals surface area contributed by atoms with Gasteiger partial charge in [-0.3, -0.25) is 4.98 Å². The van der Waals surface area contributed by atoms with Gasteiger partial charge in [-0.15, -0.1) is 0 Å². The highest BCUT2D eigenvalue weighted by Gasteiger charge is 2.43. The lowest BCUT2D eigenvalue weighted by Crippen LogP contribution is -2.49. The van der Waals surface area contributed by atoms with E-state index in [1.807, 2.05) is 30.3 Å². The van der Waals surface area contributed by atoms with Crippen LogP contribution in [0.5, 0.6) is 0 Å². The molecule has 2 nitrogen and oxygen atoms in total. The van der Waals surface area contributed by atoms with Gasteiger partial charge in [-0.2, -0.15) is 0 Å². The molecule has 1 heterocycles. The number of para-hydroxylation sites is 1. The molecule has 0 radical (unpaired) electrons. The second-order valence-electron chi connectivity index (χ2n) is 4.98. The number of nitrogens with two attached hydrogens (primary N) is 1. The van der Waals surface area contributed by atoms with E-state index in [4.69, 9.17) is 5.73 Å². The summed E-state index contributed by atoms with van der Waals surface area (Å²) in [5.41, 5.74) is 6.52. The molecule has 0 saturated heterocycles. The van der Waals surface area contributed by atoms with E-state index in [0.29, 0.717) is 19.3 Å². The zero-order valence-electron chi connectivity index (χ0n) is 9.57. The topological polar surface area (TPSA) is 38.9 Å². The lowest BCUT2D eigenvalue weighted by atomic mass is 9.74. The standard InChI is InChI=1S/C14H15FN2/c15-14(8-11(16)9-14)7-10-5-6-17-13-4-2-1-3-12(10)13/h1-6,11H,7-9,16H2. The molecule has 0 atom stereocenters. The molecule has 17 heavy (non-hydrogen) atoms. The highest BCUT2D eigenvalue weighted by Crippen LogP contribution is 2.38. The Bertz CT molecular complexity index is 541. The molecule has 0 unspecified atom stereocenters. The molecule has 1 aliphatic rings. The molecule has 0 spiro atoms. The molecule has 88 valence electrons. The molecule has 1 aliphatic carbocycles. The van der Waals surface area contributed by atoms with Crippen molar-refractivity contribution in [3.63, 3.8) is 0 Å². The number of nitrogens with zero attached hydrogens (tertiary/aromatic N) is 1. The molecule has 0 aliphatic heterocycles. The van der Waals surface area contributed by atoms with Crippen LogP contribution in [0.1, 0.15) is 18.4 Å². The van der Waals surface area contributed by atoms with E-state index in [0.717, 1.165) is 16.5 Å². The summed E-state index contributed by atoms with van der Waals surface area (Å²) in [5.74, 6) is 0. The van der Waals surface area contributed by atoms with Gasteiger partial charge in [-0.1, -0.05) is 18.2 Å². The lowest BCUT2D eigenvalue weighted by Gasteiger charge is -2.39. The number of alkyl halides is 1. The average Bonchev–Trinajstić information content (AvgIpc) is 2.28. The van der Waals surface area contributed by atoms with Crippen LogP contribution in [-0.4, -0.2) is 16.7 Å². The maximum absolute atomic E-state index is 14.3. The summed E-state index contributed by atoms with van der Waals surface area (Å²) < 4.78 is 14.3. The van der Waals surface area contributed by atoms with Gasteiger partial charge >= 0.3 is 0 Å². The van der Waals surface area contributed by atoms with Gasteiger partial charge in [0, 0.05) is 24.0 Å². The number of hydrogen-bond donors (Lipinski definition) is 1. The van der Waals surface area contributed by atoms with E-state index in [9.17, 15) is 4.39 Å². The highest BCUT2D eigenvalue weighted by molar-refractivity contribution is 5.81. The van der Waals surface area contributed by atoms with E-state index in [2.05, 4.69) is 4.98 Å². The van der Waals surface area contributed by atoms with Crippen LogP contribution < -0.4 is 5.73 Å². The Kier molecular flexibility index (Phi) is 2.37. The van der Waals surface area contributed by atoms with Gasteiger partial charge in [0.05, 0.1) is 5.52 Å². The molecule has 3 heteroatoms. The molecule has 1 aromatic carbocycles. The van der Waals surface area contributed by atoms with Crippen molar-refractivity contribution in [3.05, 3.63) is 42.1 Å². The Morgan fingerprint density at radius 1 is 1.29 bits per heavy atom. The Morgan fingerprint density at radius 3 is 2.82 bits per heavy atom. The highest BCUT2D eigenvalue weighted by atomic mass is 19.1. The monoisotopic (exact) mass is 230 g/mol. The SMILES string of the molecule is NC1CC(F)(Cc2ccnc3ccccc23)C1. The quantitative estimate of drug-likeness (QED) is 0.861. The van der Waals surface area contributed by atoms with Crippen LogP contribution in [-0.2, 0) is 6.42 Å². The number of aromatic nitrogens is 1. The first kappa shape index (κ1) is 10.7. The number of pyridine rings is 1. The molecule has 0 amide bonds. The summed E-state index contributed by atoms with van der Waals surface area (Å²) in [4.78, 5) is 4.28. The molecule has 3 rings (SSSR count). The first-order valence-corrected chi connectivity index (χ1v) is 5.93. The fraction of sp³-hybridized carbons (Fsp3) is 0.357. The van der Waals surface area contributed by atoms with E-state index in [1.165, 1.54) is 0 Å². The van der Waals surface area contributed by atoms with E-state index < -0.39 is 5.67 Å². The molecular formula is C14H15FN2. The van der Waals surface area contributed by atoms with Gasteiger partial charge in [0.15, 0.2) is 0 Å². The molecule has 1 saturated carbocycles. The third kappa shape index (κ3) is 1.91. The lowest BCUT2D eigenvalue weighted by molar-refractivity contribution is 0.0448. The Balaban J connectivity index is 1.95. The van der Waals surface area contributed by atoms with Crippen molar-refractivity contribution in [2.24, 2.45) is 5.73 Å². The first-order chi connectivity index (χ1) is 8.16. The molecule has 1 fully saturated rings. The van der Waals surface area contributed by atoms with Crippen LogP contribution in [0.3, 0.4) is 0 Å². The van der Waals surface area contributed by atoms with Gasteiger partial charge < -0.3 is 5.73 Å². The molecule has 2 aromatic rings. The zero-order valence-corrected chi connectivity index (χ0v) is 9.57. The van der Waals surface area contributed by atoms with Crippen LogP contribution in [0.25, 0.3) is 10.9 Å². The van der Waals surface area contributed by atoms with Gasteiger partial charge in [-0.05, 0) is 30.5 Å². The van der Waals surface area contributed by atoms with Crippen LogP contribution in [0, 0.1) is 0 Å². The predicted molar refractivity (Wildman–Crippen MR) is 66.5 cm³/mol. The summed E-state index contributed by atoms with van der Waals surface area (Å²) in [7, 11) is 0. The van der Waals surface area contributed by atoms with Gasteiger partial charge in [-0.25, -0.2) is 4.39 Å². The minimum atomic E-state index is -1.11. The number of fused-ring (bicyclic) bond motifs is 1. The van der Waals surface area contributed by atoms with E-state index in [1.54, 1.807) is 6.20 Å². The second kappa shape index (κ2) is 3.77. The Morgan fingerprint density at radius 2 is 2.06 bits per heavy atom. The molecule has 0 bridgehead atoms. The normalized spacial score (nSPS) is 28.0. The van der Waals surface area contributed by atoms with Crippen LogP contribution in [0.4, 0.5) is 4.39 Å². The number of benzene rings is 1. The maximum Gasteiger partial charge on any atom is 0.118 e. The summed E-state index contributed by atoms with van der Waals surface area (Å²) in [6.45, 7) is 0. The van der Waals surface area contributed by atoms with Crippen LogP contribution in [0.2, 0.25) is 0 Å².